The number of imidazole rings is 1. The molecule has 12 heteroatoms. The Hall–Kier alpha value is -2.73. The summed E-state index contributed by atoms with van der Waals surface area (Å²) >= 11 is 0. The lowest BCUT2D eigenvalue weighted by Gasteiger charge is -2.28. The first-order valence-corrected chi connectivity index (χ1v) is 9.21. The van der Waals surface area contributed by atoms with Gasteiger partial charge in [-0.25, -0.2) is 18.2 Å². The Balaban J connectivity index is 1.85. The number of hydrogen-bond donors (Lipinski definition) is 2. The Morgan fingerprint density at radius 2 is 1.87 bits per heavy atom. The van der Waals surface area contributed by atoms with E-state index >= 15 is 0 Å². The smallest absolute Gasteiger partial charge is 0.327 e. The van der Waals surface area contributed by atoms with Crippen molar-refractivity contribution in [1.82, 2.24) is 14.9 Å². The molecule has 2 atom stereocenters. The first-order valence-electron chi connectivity index (χ1n) is 9.21. The highest BCUT2D eigenvalue weighted by Crippen LogP contribution is 2.35. The Morgan fingerprint density at radius 3 is 2.48 bits per heavy atom. The van der Waals surface area contributed by atoms with Crippen LogP contribution in [-0.2, 0) is 23.9 Å². The summed E-state index contributed by atoms with van der Waals surface area (Å²) in [5.41, 5.74) is 4.03. The summed E-state index contributed by atoms with van der Waals surface area (Å²) in [7, 11) is 0. The number of alkyl halides is 3. The number of hydrogen-bond acceptors (Lipinski definition) is 5. The molecule has 1 aromatic heterocycles. The maximum Gasteiger partial charge on any atom is 0.435 e. The van der Waals surface area contributed by atoms with E-state index in [1.54, 1.807) is 0 Å². The van der Waals surface area contributed by atoms with Crippen LogP contribution in [0.5, 0.6) is 0 Å². The van der Waals surface area contributed by atoms with Crippen molar-refractivity contribution in [3.63, 3.8) is 0 Å². The van der Waals surface area contributed by atoms with Gasteiger partial charge in [0, 0.05) is 38.5 Å². The van der Waals surface area contributed by atoms with E-state index in [1.165, 1.54) is 0 Å². The molecule has 0 spiro atoms. The van der Waals surface area contributed by atoms with Crippen molar-refractivity contribution in [1.29, 1.82) is 0 Å². The third-order valence-corrected chi connectivity index (χ3v) is 4.94. The number of halogens is 6. The molecule has 0 bridgehead atoms. The molecule has 2 unspecified atom stereocenters. The molecule has 31 heavy (non-hydrogen) atoms. The monoisotopic (exact) mass is 448 g/mol. The summed E-state index contributed by atoms with van der Waals surface area (Å²) in [5, 5.41) is 2.70. The Kier molecular flexibility index (Phi) is 6.23. The molecule has 3 rings (SSSR count). The van der Waals surface area contributed by atoms with Crippen molar-refractivity contribution in [2.75, 3.05) is 6.54 Å². The van der Waals surface area contributed by atoms with Crippen LogP contribution in [0, 0.1) is 17.5 Å². The zero-order chi connectivity index (χ0) is 23.1. The fourth-order valence-electron chi connectivity index (χ4n) is 3.59. The van der Waals surface area contributed by atoms with E-state index in [1.807, 2.05) is 0 Å². The number of carbonyl (C=O) groups excluding carboxylic acids is 2. The summed E-state index contributed by atoms with van der Waals surface area (Å²) in [5.74, 6) is -5.54. The molecule has 1 aliphatic rings. The minimum atomic E-state index is -4.82. The minimum absolute atomic E-state index is 0.0635. The van der Waals surface area contributed by atoms with Crippen molar-refractivity contribution in [2.45, 2.75) is 44.6 Å². The number of carbonyl (C=O) groups is 2. The molecule has 2 aromatic rings. The lowest BCUT2D eigenvalue weighted by atomic mass is 9.97. The summed E-state index contributed by atoms with van der Waals surface area (Å²) in [6, 6.07) is -1.22. The summed E-state index contributed by atoms with van der Waals surface area (Å²) in [6.45, 7) is 0.730. The van der Waals surface area contributed by atoms with Gasteiger partial charge in [-0.05, 0) is 18.1 Å². The summed E-state index contributed by atoms with van der Waals surface area (Å²) in [6.07, 6.45) is -5.53. The number of rotatable bonds is 6. The van der Waals surface area contributed by atoms with Gasteiger partial charge in [0.2, 0.25) is 0 Å². The van der Waals surface area contributed by atoms with Gasteiger partial charge in [-0.2, -0.15) is 13.2 Å². The second-order valence-electron chi connectivity index (χ2n) is 7.29. The number of nitrogens with two attached hydrogens (primary N) is 1. The van der Waals surface area contributed by atoms with Gasteiger partial charge in [-0.15, -0.1) is 0 Å². The largest absolute Gasteiger partial charge is 0.435 e. The number of ketones is 2. The third kappa shape index (κ3) is 4.64. The van der Waals surface area contributed by atoms with Crippen LogP contribution in [0.1, 0.15) is 47.0 Å². The SMILES string of the molecule is CC(=O)c1nc(C(F)(F)F)c2n1C(C(=O)CC(N)Cc1cc(F)c(F)cc1F)CNC2. The van der Waals surface area contributed by atoms with Crippen LogP contribution >= 0.6 is 0 Å². The Labute approximate surface area is 172 Å². The predicted octanol–water partition coefficient (Wildman–Crippen LogP) is 2.70. The van der Waals surface area contributed by atoms with Crippen molar-refractivity contribution in [3.8, 4) is 0 Å². The fraction of sp³-hybridized carbons (Fsp3) is 0.421. The second kappa shape index (κ2) is 8.42. The molecule has 3 N–H and O–H groups in total. The molecule has 2 heterocycles. The number of aromatic nitrogens is 2. The molecular formula is C19H18F6N4O2. The van der Waals surface area contributed by atoms with E-state index in [4.69, 9.17) is 5.73 Å². The molecule has 0 saturated heterocycles. The van der Waals surface area contributed by atoms with Crippen molar-refractivity contribution >= 4 is 11.6 Å². The average molecular weight is 448 g/mol. The number of nitrogens with one attached hydrogen (secondary N) is 1. The number of benzene rings is 1. The van der Waals surface area contributed by atoms with Crippen LogP contribution in [0.3, 0.4) is 0 Å². The van der Waals surface area contributed by atoms with Crippen LogP contribution < -0.4 is 11.1 Å². The van der Waals surface area contributed by atoms with Gasteiger partial charge < -0.3 is 15.6 Å². The van der Waals surface area contributed by atoms with E-state index < -0.39 is 65.2 Å². The fourth-order valence-corrected chi connectivity index (χ4v) is 3.59. The van der Waals surface area contributed by atoms with Gasteiger partial charge in [0.15, 0.2) is 34.7 Å². The van der Waals surface area contributed by atoms with E-state index in [9.17, 15) is 35.9 Å². The maximum atomic E-state index is 13.8. The van der Waals surface area contributed by atoms with Gasteiger partial charge >= 0.3 is 6.18 Å². The van der Waals surface area contributed by atoms with E-state index in [2.05, 4.69) is 10.3 Å². The Bertz CT molecular complexity index is 1030. The predicted molar refractivity (Wildman–Crippen MR) is 95.6 cm³/mol. The van der Waals surface area contributed by atoms with Crippen LogP contribution in [0.15, 0.2) is 12.1 Å². The van der Waals surface area contributed by atoms with E-state index in [0.29, 0.717) is 12.1 Å². The zero-order valence-corrected chi connectivity index (χ0v) is 16.2. The highest BCUT2D eigenvalue weighted by molar-refractivity contribution is 5.92. The highest BCUT2D eigenvalue weighted by atomic mass is 19.4. The van der Waals surface area contributed by atoms with Gasteiger partial charge in [0.05, 0.1) is 5.69 Å². The van der Waals surface area contributed by atoms with Crippen LogP contribution in [0.25, 0.3) is 0 Å². The molecule has 0 saturated carbocycles. The van der Waals surface area contributed by atoms with Crippen LogP contribution in [0.2, 0.25) is 0 Å². The van der Waals surface area contributed by atoms with Crippen LogP contribution in [0.4, 0.5) is 26.3 Å². The van der Waals surface area contributed by atoms with Crippen molar-refractivity contribution in [3.05, 3.63) is 52.4 Å². The van der Waals surface area contributed by atoms with Gasteiger partial charge in [0.25, 0.3) is 0 Å². The lowest BCUT2D eigenvalue weighted by Crippen LogP contribution is -2.41. The van der Waals surface area contributed by atoms with E-state index in [0.717, 1.165) is 11.5 Å². The van der Waals surface area contributed by atoms with Gasteiger partial charge in [-0.1, -0.05) is 0 Å². The molecule has 1 aromatic carbocycles. The average Bonchev–Trinajstić information content (AvgIpc) is 3.06. The summed E-state index contributed by atoms with van der Waals surface area (Å²) in [4.78, 5) is 28.1. The first-order chi connectivity index (χ1) is 14.4. The molecular weight excluding hydrogens is 430 g/mol. The number of Topliss-reactive ketones (excluding diaryl/α,β-unsaturated/α-hetero) is 2. The lowest BCUT2D eigenvalue weighted by molar-refractivity contribution is -0.142. The normalized spacial score (nSPS) is 17.4. The second-order valence-corrected chi connectivity index (χ2v) is 7.29. The molecule has 6 nitrogen and oxygen atoms in total. The summed E-state index contributed by atoms with van der Waals surface area (Å²) < 4.78 is 81.2. The highest BCUT2D eigenvalue weighted by Gasteiger charge is 2.42. The first kappa shape index (κ1) is 22.9. The molecule has 1 aliphatic heterocycles. The minimum Gasteiger partial charge on any atom is -0.327 e. The van der Waals surface area contributed by atoms with E-state index in [-0.39, 0.29) is 30.8 Å². The molecule has 0 aliphatic carbocycles. The van der Waals surface area contributed by atoms with Crippen molar-refractivity contribution < 1.29 is 35.9 Å². The standard InChI is InChI=1S/C19H18F6N4O2/c1-8(30)18-28-17(19(23,24)25)15-7-27-6-14(29(15)18)16(31)4-10(26)2-9-3-12(21)13(22)5-11(9)20/h3,5,10,14,27H,2,4,6-7,26H2,1H3. The van der Waals surface area contributed by atoms with Crippen molar-refractivity contribution in [2.24, 2.45) is 5.73 Å². The van der Waals surface area contributed by atoms with Gasteiger partial charge in [-0.3, -0.25) is 9.59 Å². The quantitative estimate of drug-likeness (QED) is 0.403. The maximum absolute atomic E-state index is 13.8. The zero-order valence-electron chi connectivity index (χ0n) is 16.2. The number of nitrogens with zero attached hydrogens (tertiary/aromatic N) is 2. The van der Waals surface area contributed by atoms with Gasteiger partial charge in [0.1, 0.15) is 11.9 Å². The third-order valence-electron chi connectivity index (χ3n) is 4.94. The molecule has 0 amide bonds. The Morgan fingerprint density at radius 1 is 1.23 bits per heavy atom. The molecule has 168 valence electrons. The molecule has 0 radical (unpaired) electrons. The topological polar surface area (TPSA) is 90.0 Å². The molecule has 0 fully saturated rings. The van der Waals surface area contributed by atoms with Crippen LogP contribution in [-0.4, -0.2) is 33.7 Å². The number of fused-ring (bicyclic) bond motifs is 1.